The Balaban J connectivity index is 1.78. The molecule has 0 aromatic heterocycles. The van der Waals surface area contributed by atoms with Gasteiger partial charge in [0.15, 0.2) is 0 Å². The van der Waals surface area contributed by atoms with Crippen LogP contribution < -0.4 is 5.32 Å². The van der Waals surface area contributed by atoms with Crippen molar-refractivity contribution in [3.05, 3.63) is 28.2 Å². The van der Waals surface area contributed by atoms with Crippen molar-refractivity contribution in [2.24, 2.45) is 0 Å². The molecule has 2 aliphatic rings. The number of nitrogens with zero attached hydrogens (tertiary/aromatic N) is 3. The molecule has 1 unspecified atom stereocenters. The van der Waals surface area contributed by atoms with Crippen LogP contribution in [0.15, 0.2) is 27.6 Å². The Kier molecular flexibility index (Phi) is 5.04. The van der Waals surface area contributed by atoms with Gasteiger partial charge >= 0.3 is 0 Å². The zero-order chi connectivity index (χ0) is 16.4. The number of rotatable bonds is 3. The van der Waals surface area contributed by atoms with Crippen molar-refractivity contribution in [3.8, 4) is 6.07 Å². The summed E-state index contributed by atoms with van der Waals surface area (Å²) in [6.45, 7) is 4.91. The first-order valence-corrected chi connectivity index (χ1v) is 9.89. The molecule has 0 spiro atoms. The summed E-state index contributed by atoms with van der Waals surface area (Å²) in [5, 5.41) is 12.4. The highest BCUT2D eigenvalue weighted by molar-refractivity contribution is 9.10. The predicted molar refractivity (Wildman–Crippen MR) is 90.5 cm³/mol. The van der Waals surface area contributed by atoms with Gasteiger partial charge in [0.2, 0.25) is 10.0 Å². The molecule has 0 bridgehead atoms. The minimum absolute atomic E-state index is 0.185. The summed E-state index contributed by atoms with van der Waals surface area (Å²) < 4.78 is 27.8. The van der Waals surface area contributed by atoms with Crippen molar-refractivity contribution < 1.29 is 8.42 Å². The fraction of sp³-hybridized carbons (Fsp3) is 0.533. The molecule has 124 valence electrons. The Bertz CT molecular complexity index is 725. The van der Waals surface area contributed by atoms with E-state index in [1.165, 1.54) is 6.07 Å². The molecule has 1 N–H and O–H groups in total. The second kappa shape index (κ2) is 6.87. The first kappa shape index (κ1) is 16.9. The minimum Gasteiger partial charge on any atom is -0.314 e. The average molecular weight is 399 g/mol. The Morgan fingerprint density at radius 1 is 1.22 bits per heavy atom. The van der Waals surface area contributed by atoms with Gasteiger partial charge in [-0.3, -0.25) is 4.90 Å². The number of hydrogen-bond donors (Lipinski definition) is 1. The highest BCUT2D eigenvalue weighted by Gasteiger charge is 2.35. The molecule has 6 nitrogen and oxygen atoms in total. The van der Waals surface area contributed by atoms with E-state index in [0.717, 1.165) is 32.6 Å². The Morgan fingerprint density at radius 3 is 2.65 bits per heavy atom. The molecule has 1 aromatic rings. The molecular weight excluding hydrogens is 380 g/mol. The maximum atomic E-state index is 12.8. The lowest BCUT2D eigenvalue weighted by Crippen LogP contribution is -2.49. The van der Waals surface area contributed by atoms with Crippen molar-refractivity contribution in [3.63, 3.8) is 0 Å². The summed E-state index contributed by atoms with van der Waals surface area (Å²) in [4.78, 5) is 2.55. The molecule has 2 fully saturated rings. The van der Waals surface area contributed by atoms with Gasteiger partial charge < -0.3 is 5.32 Å². The monoisotopic (exact) mass is 398 g/mol. The van der Waals surface area contributed by atoms with E-state index in [9.17, 15) is 8.42 Å². The van der Waals surface area contributed by atoms with Gasteiger partial charge in [0.05, 0.1) is 16.5 Å². The number of sulfonamides is 1. The molecular formula is C15H19BrN4O2S. The molecule has 2 saturated heterocycles. The van der Waals surface area contributed by atoms with E-state index in [1.54, 1.807) is 16.4 Å². The molecule has 3 rings (SSSR count). The molecule has 1 atom stereocenters. The molecule has 1 aromatic carbocycles. The van der Waals surface area contributed by atoms with Gasteiger partial charge in [-0.25, -0.2) is 8.42 Å². The van der Waals surface area contributed by atoms with E-state index in [0.29, 0.717) is 23.1 Å². The van der Waals surface area contributed by atoms with Gasteiger partial charge in [-0.1, -0.05) is 15.9 Å². The van der Waals surface area contributed by atoms with Crippen LogP contribution in [-0.2, 0) is 10.0 Å². The SMILES string of the molecule is N#Cc1cc(Br)cc(S(=O)(=O)N2CCC(N3CCNCC3)C2)c1. The average Bonchev–Trinajstić information content (AvgIpc) is 3.06. The van der Waals surface area contributed by atoms with E-state index in [1.807, 2.05) is 6.07 Å². The van der Waals surface area contributed by atoms with Gasteiger partial charge in [0.25, 0.3) is 0 Å². The van der Waals surface area contributed by atoms with Crippen molar-refractivity contribution in [2.75, 3.05) is 39.3 Å². The molecule has 23 heavy (non-hydrogen) atoms. The van der Waals surface area contributed by atoms with Gasteiger partial charge in [-0.2, -0.15) is 9.57 Å². The lowest BCUT2D eigenvalue weighted by Gasteiger charge is -2.32. The van der Waals surface area contributed by atoms with Crippen LogP contribution in [0.5, 0.6) is 0 Å². The largest absolute Gasteiger partial charge is 0.314 e. The fourth-order valence-electron chi connectivity index (χ4n) is 3.20. The highest BCUT2D eigenvalue weighted by atomic mass is 79.9. The Hall–Kier alpha value is -0.980. The van der Waals surface area contributed by atoms with Crippen LogP contribution >= 0.6 is 15.9 Å². The first-order chi connectivity index (χ1) is 11.0. The third-order valence-corrected chi connectivity index (χ3v) is 6.73. The van der Waals surface area contributed by atoms with Crippen LogP contribution in [0.1, 0.15) is 12.0 Å². The van der Waals surface area contributed by atoms with Gasteiger partial charge in [-0.15, -0.1) is 0 Å². The van der Waals surface area contributed by atoms with E-state index < -0.39 is 10.0 Å². The van der Waals surface area contributed by atoms with Crippen molar-refractivity contribution in [1.29, 1.82) is 5.26 Å². The maximum Gasteiger partial charge on any atom is 0.243 e. The second-order valence-corrected chi connectivity index (χ2v) is 8.73. The van der Waals surface area contributed by atoms with Gasteiger partial charge in [0, 0.05) is 49.8 Å². The van der Waals surface area contributed by atoms with Crippen molar-refractivity contribution in [1.82, 2.24) is 14.5 Å². The summed E-state index contributed by atoms with van der Waals surface area (Å²) in [7, 11) is -3.56. The normalized spacial score (nSPS) is 23.7. The number of halogens is 1. The molecule has 0 saturated carbocycles. The number of piperazine rings is 1. The summed E-state index contributed by atoms with van der Waals surface area (Å²) in [6.07, 6.45) is 0.859. The lowest BCUT2D eigenvalue weighted by atomic mass is 10.2. The topological polar surface area (TPSA) is 76.4 Å². The third-order valence-electron chi connectivity index (χ3n) is 4.43. The molecule has 2 heterocycles. The molecule has 8 heteroatoms. The van der Waals surface area contributed by atoms with Crippen LogP contribution in [0.3, 0.4) is 0 Å². The fourth-order valence-corrected chi connectivity index (χ4v) is 5.41. The van der Waals surface area contributed by atoms with Crippen molar-refractivity contribution in [2.45, 2.75) is 17.4 Å². The van der Waals surface area contributed by atoms with Crippen LogP contribution in [0.25, 0.3) is 0 Å². The van der Waals surface area contributed by atoms with E-state index in [-0.39, 0.29) is 10.9 Å². The quantitative estimate of drug-likeness (QED) is 0.821. The van der Waals surface area contributed by atoms with Crippen LogP contribution in [0, 0.1) is 11.3 Å². The highest BCUT2D eigenvalue weighted by Crippen LogP contribution is 2.26. The predicted octanol–water partition coefficient (Wildman–Crippen LogP) is 0.989. The van der Waals surface area contributed by atoms with Crippen LogP contribution in [-0.4, -0.2) is 62.9 Å². The zero-order valence-corrected chi connectivity index (χ0v) is 15.1. The van der Waals surface area contributed by atoms with Gasteiger partial charge in [-0.05, 0) is 24.6 Å². The molecule has 2 aliphatic heterocycles. The van der Waals surface area contributed by atoms with Crippen LogP contribution in [0.2, 0.25) is 0 Å². The summed E-state index contributed by atoms with van der Waals surface area (Å²) in [6, 6.07) is 6.91. The van der Waals surface area contributed by atoms with Crippen LogP contribution in [0.4, 0.5) is 0 Å². The smallest absolute Gasteiger partial charge is 0.243 e. The third kappa shape index (κ3) is 3.59. The van der Waals surface area contributed by atoms with Gasteiger partial charge in [0.1, 0.15) is 0 Å². The zero-order valence-electron chi connectivity index (χ0n) is 12.7. The number of nitrogens with one attached hydrogen (secondary N) is 1. The summed E-state index contributed by atoms with van der Waals surface area (Å²) in [5.74, 6) is 0. The maximum absolute atomic E-state index is 12.8. The summed E-state index contributed by atoms with van der Waals surface area (Å²) >= 11 is 3.28. The first-order valence-electron chi connectivity index (χ1n) is 7.66. The Labute approximate surface area is 145 Å². The standard InChI is InChI=1S/C15H19BrN4O2S/c16-13-7-12(10-17)8-15(9-13)23(21,22)20-4-1-14(11-20)19-5-2-18-3-6-19/h7-9,14,18H,1-6,11H2. The lowest BCUT2D eigenvalue weighted by molar-refractivity contribution is 0.179. The second-order valence-electron chi connectivity index (χ2n) is 5.88. The van der Waals surface area contributed by atoms with E-state index in [4.69, 9.17) is 5.26 Å². The Morgan fingerprint density at radius 2 is 1.96 bits per heavy atom. The number of benzene rings is 1. The van der Waals surface area contributed by atoms with Crippen molar-refractivity contribution >= 4 is 26.0 Å². The molecule has 0 aliphatic carbocycles. The molecule has 0 radical (unpaired) electrons. The number of hydrogen-bond acceptors (Lipinski definition) is 5. The minimum atomic E-state index is -3.56. The summed E-state index contributed by atoms with van der Waals surface area (Å²) in [5.41, 5.74) is 0.343. The molecule has 0 amide bonds. The number of nitriles is 1. The van der Waals surface area contributed by atoms with E-state index >= 15 is 0 Å². The van der Waals surface area contributed by atoms with E-state index in [2.05, 4.69) is 26.1 Å².